The van der Waals surface area contributed by atoms with Gasteiger partial charge in [0, 0.05) is 42.7 Å². The van der Waals surface area contributed by atoms with E-state index in [0.29, 0.717) is 25.3 Å². The third kappa shape index (κ3) is 3.80. The van der Waals surface area contributed by atoms with Gasteiger partial charge in [0.15, 0.2) is 0 Å². The number of pyridine rings is 1. The van der Waals surface area contributed by atoms with Crippen molar-refractivity contribution >= 4 is 22.8 Å². The van der Waals surface area contributed by atoms with E-state index in [1.54, 1.807) is 12.4 Å². The van der Waals surface area contributed by atoms with Gasteiger partial charge in [-0.15, -0.1) is 0 Å². The van der Waals surface area contributed by atoms with Gasteiger partial charge in [0.1, 0.15) is 5.84 Å². The molecular formula is C20H22N6O2. The smallest absolute Gasteiger partial charge is 0.407 e. The number of benzene rings is 1. The molecule has 2 aromatic heterocycles. The number of fused-ring (bicyclic) bond motifs is 1. The minimum Gasteiger partial charge on any atom is -0.465 e. The van der Waals surface area contributed by atoms with Gasteiger partial charge < -0.3 is 15.3 Å². The maximum absolute atomic E-state index is 11.1. The number of hydrogen-bond acceptors (Lipinski definition) is 4. The first kappa shape index (κ1) is 18.0. The van der Waals surface area contributed by atoms with Crippen molar-refractivity contribution in [3.63, 3.8) is 0 Å². The lowest BCUT2D eigenvalue weighted by Gasteiger charge is -2.31. The summed E-state index contributed by atoms with van der Waals surface area (Å²) >= 11 is 0. The van der Waals surface area contributed by atoms with Gasteiger partial charge in [-0.1, -0.05) is 24.3 Å². The minimum absolute atomic E-state index is 0.0279. The van der Waals surface area contributed by atoms with Crippen molar-refractivity contribution in [3.8, 4) is 0 Å². The summed E-state index contributed by atoms with van der Waals surface area (Å²) in [6.07, 6.45) is 5.02. The Morgan fingerprint density at radius 2 is 2.14 bits per heavy atom. The van der Waals surface area contributed by atoms with Crippen molar-refractivity contribution in [2.24, 2.45) is 0 Å². The van der Waals surface area contributed by atoms with Crippen LogP contribution < -0.4 is 5.32 Å². The fourth-order valence-electron chi connectivity index (χ4n) is 3.60. The highest BCUT2D eigenvalue weighted by atomic mass is 16.4. The van der Waals surface area contributed by atoms with Crippen molar-refractivity contribution in [3.05, 3.63) is 59.5 Å². The largest absolute Gasteiger partial charge is 0.465 e. The molecule has 1 aromatic carbocycles. The van der Waals surface area contributed by atoms with Gasteiger partial charge in [0.05, 0.1) is 17.4 Å². The molecule has 3 heterocycles. The van der Waals surface area contributed by atoms with E-state index in [0.717, 1.165) is 40.6 Å². The van der Waals surface area contributed by atoms with E-state index in [1.165, 1.54) is 4.90 Å². The quantitative estimate of drug-likeness (QED) is 0.411. The number of amides is 1. The van der Waals surface area contributed by atoms with Crippen LogP contribution >= 0.6 is 0 Å². The molecule has 8 nitrogen and oxygen atoms in total. The van der Waals surface area contributed by atoms with Crippen LogP contribution in [0.3, 0.4) is 0 Å². The van der Waals surface area contributed by atoms with Crippen LogP contribution in [0.1, 0.15) is 29.7 Å². The summed E-state index contributed by atoms with van der Waals surface area (Å²) in [6.45, 7) is 0.975. The molecule has 4 rings (SSSR count). The van der Waals surface area contributed by atoms with E-state index in [4.69, 9.17) is 10.5 Å². The fraction of sp³-hybridized carbons (Fsp3) is 0.300. The number of nitrogens with one attached hydrogen (secondary N) is 3. The number of carbonyl (C=O) groups is 1. The number of H-pyrrole nitrogens is 1. The Labute approximate surface area is 162 Å². The van der Waals surface area contributed by atoms with Crippen molar-refractivity contribution in [1.82, 2.24) is 25.4 Å². The van der Waals surface area contributed by atoms with Crippen molar-refractivity contribution in [2.75, 3.05) is 13.1 Å². The first-order valence-electron chi connectivity index (χ1n) is 9.29. The SMILES string of the molecule is N=C(N[C@@H]1CCCN(C(=O)O)C1)c1ccc(Cc2nccc3[nH]ncc23)cc1. The molecule has 28 heavy (non-hydrogen) atoms. The molecule has 144 valence electrons. The van der Waals surface area contributed by atoms with Gasteiger partial charge in [-0.3, -0.25) is 15.5 Å². The molecule has 4 N–H and O–H groups in total. The third-order valence-electron chi connectivity index (χ3n) is 5.11. The van der Waals surface area contributed by atoms with Crippen LogP contribution in [0.4, 0.5) is 4.79 Å². The van der Waals surface area contributed by atoms with Crippen LogP contribution in [0.5, 0.6) is 0 Å². The maximum Gasteiger partial charge on any atom is 0.407 e. The number of likely N-dealkylation sites (tertiary alicyclic amines) is 1. The topological polar surface area (TPSA) is 118 Å². The van der Waals surface area contributed by atoms with E-state index in [2.05, 4.69) is 20.5 Å². The predicted octanol–water partition coefficient (Wildman–Crippen LogP) is 2.61. The average Bonchev–Trinajstić information content (AvgIpc) is 3.18. The van der Waals surface area contributed by atoms with Gasteiger partial charge >= 0.3 is 6.09 Å². The number of nitrogens with zero attached hydrogens (tertiary/aromatic N) is 3. The first-order valence-corrected chi connectivity index (χ1v) is 9.29. The summed E-state index contributed by atoms with van der Waals surface area (Å²) in [5, 5.41) is 28.7. The number of aromatic nitrogens is 3. The molecule has 1 fully saturated rings. The number of rotatable bonds is 4. The second-order valence-corrected chi connectivity index (χ2v) is 7.05. The molecule has 1 saturated heterocycles. The van der Waals surface area contributed by atoms with E-state index in [1.807, 2.05) is 30.3 Å². The zero-order valence-electron chi connectivity index (χ0n) is 15.4. The Balaban J connectivity index is 1.41. The van der Waals surface area contributed by atoms with Gasteiger partial charge in [0.2, 0.25) is 0 Å². The van der Waals surface area contributed by atoms with Crippen LogP contribution in [-0.2, 0) is 6.42 Å². The Kier molecular flexibility index (Phi) is 4.92. The monoisotopic (exact) mass is 378 g/mol. The highest BCUT2D eigenvalue weighted by molar-refractivity contribution is 5.96. The van der Waals surface area contributed by atoms with Crippen LogP contribution in [0.15, 0.2) is 42.7 Å². The average molecular weight is 378 g/mol. The van der Waals surface area contributed by atoms with Gasteiger partial charge in [-0.05, 0) is 24.5 Å². The zero-order chi connectivity index (χ0) is 19.5. The Morgan fingerprint density at radius 3 is 2.93 bits per heavy atom. The molecule has 0 bridgehead atoms. The molecule has 8 heteroatoms. The number of amidine groups is 1. The molecule has 1 amide bonds. The maximum atomic E-state index is 11.1. The second kappa shape index (κ2) is 7.67. The van der Waals surface area contributed by atoms with Gasteiger partial charge in [-0.2, -0.15) is 5.10 Å². The highest BCUT2D eigenvalue weighted by Crippen LogP contribution is 2.18. The lowest BCUT2D eigenvalue weighted by Crippen LogP contribution is -2.49. The minimum atomic E-state index is -0.899. The molecule has 3 aromatic rings. The molecule has 0 unspecified atom stereocenters. The number of carboxylic acid groups (broad SMARTS) is 1. The number of aromatic amines is 1. The van der Waals surface area contributed by atoms with Crippen LogP contribution in [-0.4, -0.2) is 56.2 Å². The molecule has 0 aliphatic carbocycles. The zero-order valence-corrected chi connectivity index (χ0v) is 15.4. The van der Waals surface area contributed by atoms with Gasteiger partial charge in [-0.25, -0.2) is 4.79 Å². The summed E-state index contributed by atoms with van der Waals surface area (Å²) in [5.41, 5.74) is 3.82. The summed E-state index contributed by atoms with van der Waals surface area (Å²) in [5.74, 6) is 0.318. The fourth-order valence-corrected chi connectivity index (χ4v) is 3.60. The van der Waals surface area contributed by atoms with Crippen LogP contribution in [0.2, 0.25) is 0 Å². The molecule has 1 atom stereocenters. The van der Waals surface area contributed by atoms with Crippen molar-refractivity contribution in [1.29, 1.82) is 5.41 Å². The summed E-state index contributed by atoms with van der Waals surface area (Å²) < 4.78 is 0. The van der Waals surface area contributed by atoms with Crippen LogP contribution in [0, 0.1) is 5.41 Å². The predicted molar refractivity (Wildman–Crippen MR) is 106 cm³/mol. The van der Waals surface area contributed by atoms with E-state index in [9.17, 15) is 4.79 Å². The summed E-state index contributed by atoms with van der Waals surface area (Å²) in [4.78, 5) is 17.0. The lowest BCUT2D eigenvalue weighted by atomic mass is 10.0. The standard InChI is InChI=1S/C20H22N6O2/c21-19(24-15-2-1-9-26(12-15)20(27)28)14-5-3-13(4-6-14)10-18-16-11-23-25-17(16)7-8-22-18/h3-8,11,15H,1-2,9-10,12H2,(H2,21,24)(H,23,25)(H,27,28)/t15-/m1/s1. The third-order valence-corrected chi connectivity index (χ3v) is 5.11. The molecule has 1 aliphatic rings. The molecular weight excluding hydrogens is 356 g/mol. The van der Waals surface area contributed by atoms with E-state index in [-0.39, 0.29) is 6.04 Å². The Hall–Kier alpha value is -3.42. The van der Waals surface area contributed by atoms with E-state index >= 15 is 0 Å². The highest BCUT2D eigenvalue weighted by Gasteiger charge is 2.23. The van der Waals surface area contributed by atoms with E-state index < -0.39 is 6.09 Å². The van der Waals surface area contributed by atoms with Crippen molar-refractivity contribution in [2.45, 2.75) is 25.3 Å². The van der Waals surface area contributed by atoms with Crippen molar-refractivity contribution < 1.29 is 9.90 Å². The number of piperidine rings is 1. The molecule has 0 spiro atoms. The second-order valence-electron chi connectivity index (χ2n) is 7.05. The lowest BCUT2D eigenvalue weighted by molar-refractivity contribution is 0.128. The number of hydrogen-bond donors (Lipinski definition) is 4. The molecule has 1 aliphatic heterocycles. The summed E-state index contributed by atoms with van der Waals surface area (Å²) in [7, 11) is 0. The molecule has 0 radical (unpaired) electrons. The summed E-state index contributed by atoms with van der Waals surface area (Å²) in [6, 6.07) is 9.70. The Morgan fingerprint density at radius 1 is 1.32 bits per heavy atom. The van der Waals surface area contributed by atoms with Crippen LogP contribution in [0.25, 0.3) is 10.9 Å². The normalized spacial score (nSPS) is 16.9. The van der Waals surface area contributed by atoms with Gasteiger partial charge in [0.25, 0.3) is 0 Å². The Bertz CT molecular complexity index is 997. The molecule has 0 saturated carbocycles. The first-order chi connectivity index (χ1) is 13.6.